The molecule has 0 radical (unpaired) electrons. The van der Waals surface area contributed by atoms with Gasteiger partial charge in [0.15, 0.2) is 17.3 Å². The van der Waals surface area contributed by atoms with E-state index in [1.165, 1.54) is 11.1 Å². The minimum atomic E-state index is 0.637. The van der Waals surface area contributed by atoms with Gasteiger partial charge < -0.3 is 4.42 Å². The number of hydrogen-bond acceptors (Lipinski definition) is 4. The number of hydrogen-bond donors (Lipinski definition) is 0. The van der Waals surface area contributed by atoms with Gasteiger partial charge in [-0.25, -0.2) is 4.98 Å². The van der Waals surface area contributed by atoms with E-state index >= 15 is 0 Å². The molecule has 2 aromatic heterocycles. The molecule has 0 amide bonds. The van der Waals surface area contributed by atoms with Crippen LogP contribution >= 0.6 is 0 Å². The highest BCUT2D eigenvalue weighted by Gasteiger charge is 2.18. The van der Waals surface area contributed by atoms with Crippen LogP contribution in [-0.4, -0.2) is 19.7 Å². The van der Waals surface area contributed by atoms with Crippen molar-refractivity contribution in [1.29, 1.82) is 0 Å². The van der Waals surface area contributed by atoms with Gasteiger partial charge in [-0.2, -0.15) is 0 Å². The van der Waals surface area contributed by atoms with E-state index in [1.807, 2.05) is 35.8 Å². The molecular weight excluding hydrogens is 360 g/mol. The summed E-state index contributed by atoms with van der Waals surface area (Å²) in [4.78, 5) is 4.55. The number of fused-ring (bicyclic) bond motifs is 1. The number of para-hydroxylation sites is 1. The van der Waals surface area contributed by atoms with E-state index in [2.05, 4.69) is 65.4 Å². The molecule has 0 bridgehead atoms. The maximum Gasteiger partial charge on any atom is 0.192 e. The molecule has 2 heterocycles. The van der Waals surface area contributed by atoms with Gasteiger partial charge in [0.25, 0.3) is 0 Å². The van der Waals surface area contributed by atoms with Crippen molar-refractivity contribution >= 4 is 11.1 Å². The fourth-order valence-corrected chi connectivity index (χ4v) is 3.96. The molecule has 0 unspecified atom stereocenters. The topological polar surface area (TPSA) is 56.7 Å². The van der Waals surface area contributed by atoms with Gasteiger partial charge in [0.05, 0.1) is 5.69 Å². The third kappa shape index (κ3) is 2.91. The maximum atomic E-state index is 5.70. The molecule has 142 valence electrons. The van der Waals surface area contributed by atoms with Crippen molar-refractivity contribution in [3.05, 3.63) is 84.0 Å². The zero-order valence-corrected chi connectivity index (χ0v) is 16.5. The standard InChI is InChI=1S/C24H20N4O/c1-15-12-19(18-8-5-4-6-9-18)13-16(2)23(15)28-14-25-27-24(28)20-10-7-11-21-22(20)26-17(3)29-21/h4-14H,1-3H3. The smallest absolute Gasteiger partial charge is 0.192 e. The maximum absolute atomic E-state index is 5.70. The van der Waals surface area contributed by atoms with Gasteiger partial charge in [-0.15, -0.1) is 10.2 Å². The van der Waals surface area contributed by atoms with Gasteiger partial charge >= 0.3 is 0 Å². The number of nitrogens with zero attached hydrogens (tertiary/aromatic N) is 4. The summed E-state index contributed by atoms with van der Waals surface area (Å²) in [5.74, 6) is 1.39. The lowest BCUT2D eigenvalue weighted by atomic mass is 9.98. The van der Waals surface area contributed by atoms with Gasteiger partial charge in [-0.3, -0.25) is 4.57 Å². The fourth-order valence-electron chi connectivity index (χ4n) is 3.96. The molecule has 0 saturated carbocycles. The summed E-state index contributed by atoms with van der Waals surface area (Å²) in [5, 5.41) is 8.62. The van der Waals surface area contributed by atoms with E-state index in [1.54, 1.807) is 6.33 Å². The van der Waals surface area contributed by atoms with Crippen LogP contribution in [0.15, 0.2) is 71.4 Å². The van der Waals surface area contributed by atoms with Crippen LogP contribution in [0.3, 0.4) is 0 Å². The van der Waals surface area contributed by atoms with Crippen LogP contribution in [0.5, 0.6) is 0 Å². The predicted molar refractivity (Wildman–Crippen MR) is 114 cm³/mol. The molecule has 0 N–H and O–H groups in total. The predicted octanol–water partition coefficient (Wildman–Crippen LogP) is 5.67. The lowest BCUT2D eigenvalue weighted by molar-refractivity contribution is 0.561. The highest BCUT2D eigenvalue weighted by atomic mass is 16.3. The fraction of sp³-hybridized carbons (Fsp3) is 0.125. The number of aromatic nitrogens is 4. The summed E-state index contributed by atoms with van der Waals surface area (Å²) in [6.07, 6.45) is 1.76. The number of aryl methyl sites for hydroxylation is 3. The van der Waals surface area contributed by atoms with Crippen molar-refractivity contribution in [1.82, 2.24) is 19.7 Å². The molecule has 0 aliphatic carbocycles. The molecule has 0 atom stereocenters. The molecule has 29 heavy (non-hydrogen) atoms. The molecule has 3 aromatic carbocycles. The first-order valence-electron chi connectivity index (χ1n) is 9.55. The van der Waals surface area contributed by atoms with Crippen molar-refractivity contribution in [2.75, 3.05) is 0 Å². The third-order valence-corrected chi connectivity index (χ3v) is 5.15. The highest BCUT2D eigenvalue weighted by molar-refractivity contribution is 5.89. The summed E-state index contributed by atoms with van der Waals surface area (Å²) < 4.78 is 7.74. The van der Waals surface area contributed by atoms with E-state index < -0.39 is 0 Å². The minimum absolute atomic E-state index is 0.637. The van der Waals surface area contributed by atoms with E-state index in [0.717, 1.165) is 39.3 Å². The van der Waals surface area contributed by atoms with Crippen molar-refractivity contribution in [2.45, 2.75) is 20.8 Å². The Morgan fingerprint density at radius 1 is 0.828 bits per heavy atom. The lowest BCUT2D eigenvalue weighted by Crippen LogP contribution is -2.02. The molecule has 0 aliphatic heterocycles. The first kappa shape index (κ1) is 17.4. The zero-order valence-electron chi connectivity index (χ0n) is 16.5. The molecule has 0 fully saturated rings. The van der Waals surface area contributed by atoms with E-state index in [9.17, 15) is 0 Å². The van der Waals surface area contributed by atoms with Gasteiger partial charge in [-0.1, -0.05) is 36.4 Å². The Labute approximate surface area is 168 Å². The molecule has 5 rings (SSSR count). The SMILES string of the molecule is Cc1nc2c(-c3nncn3-c3c(C)cc(-c4ccccc4)cc3C)cccc2o1. The van der Waals surface area contributed by atoms with Gasteiger partial charge in [-0.05, 0) is 60.4 Å². The number of oxazole rings is 1. The minimum Gasteiger partial charge on any atom is -0.441 e. The van der Waals surface area contributed by atoms with E-state index in [0.29, 0.717) is 5.89 Å². The summed E-state index contributed by atoms with van der Waals surface area (Å²) in [6.45, 7) is 6.10. The number of benzene rings is 3. The summed E-state index contributed by atoms with van der Waals surface area (Å²) in [7, 11) is 0. The van der Waals surface area contributed by atoms with E-state index in [-0.39, 0.29) is 0 Å². The van der Waals surface area contributed by atoms with Gasteiger partial charge in [0.1, 0.15) is 11.8 Å². The monoisotopic (exact) mass is 380 g/mol. The normalized spacial score (nSPS) is 11.3. The third-order valence-electron chi connectivity index (χ3n) is 5.15. The van der Waals surface area contributed by atoms with Crippen molar-refractivity contribution < 1.29 is 4.42 Å². The van der Waals surface area contributed by atoms with Gasteiger partial charge in [0.2, 0.25) is 0 Å². The van der Waals surface area contributed by atoms with Gasteiger partial charge in [0, 0.05) is 12.5 Å². The van der Waals surface area contributed by atoms with Crippen LogP contribution in [0.2, 0.25) is 0 Å². The van der Waals surface area contributed by atoms with Crippen molar-refractivity contribution in [2.24, 2.45) is 0 Å². The van der Waals surface area contributed by atoms with Crippen LogP contribution in [-0.2, 0) is 0 Å². The lowest BCUT2D eigenvalue weighted by Gasteiger charge is -2.15. The second-order valence-corrected chi connectivity index (χ2v) is 7.23. The molecule has 0 saturated heterocycles. The largest absolute Gasteiger partial charge is 0.441 e. The summed E-state index contributed by atoms with van der Waals surface area (Å²) in [6, 6.07) is 20.7. The van der Waals surface area contributed by atoms with Crippen LogP contribution in [0, 0.1) is 20.8 Å². The average molecular weight is 380 g/mol. The average Bonchev–Trinajstić information content (AvgIpc) is 3.33. The van der Waals surface area contributed by atoms with E-state index in [4.69, 9.17) is 4.42 Å². The second-order valence-electron chi connectivity index (χ2n) is 7.23. The summed E-state index contributed by atoms with van der Waals surface area (Å²) in [5.41, 5.74) is 8.27. The highest BCUT2D eigenvalue weighted by Crippen LogP contribution is 2.32. The molecule has 5 nitrogen and oxygen atoms in total. The Hall–Kier alpha value is -3.73. The molecule has 0 aliphatic rings. The Morgan fingerprint density at radius 3 is 2.34 bits per heavy atom. The Balaban J connectivity index is 1.68. The number of rotatable bonds is 3. The first-order chi connectivity index (χ1) is 14.1. The van der Waals surface area contributed by atoms with Crippen LogP contribution in [0.1, 0.15) is 17.0 Å². The van der Waals surface area contributed by atoms with Crippen molar-refractivity contribution in [3.63, 3.8) is 0 Å². The molecule has 5 heteroatoms. The van der Waals surface area contributed by atoms with Crippen LogP contribution in [0.25, 0.3) is 39.3 Å². The van der Waals surface area contributed by atoms with Crippen LogP contribution in [0.4, 0.5) is 0 Å². The molecular formula is C24H20N4O. The molecule has 0 spiro atoms. The zero-order chi connectivity index (χ0) is 20.0. The van der Waals surface area contributed by atoms with Crippen molar-refractivity contribution in [3.8, 4) is 28.2 Å². The summed E-state index contributed by atoms with van der Waals surface area (Å²) >= 11 is 0. The quantitative estimate of drug-likeness (QED) is 0.405. The Morgan fingerprint density at radius 2 is 1.59 bits per heavy atom. The Kier molecular flexibility index (Phi) is 4.02. The van der Waals surface area contributed by atoms with Crippen LogP contribution < -0.4 is 0 Å². The second kappa shape index (κ2) is 6.71. The molecule has 5 aromatic rings. The first-order valence-corrected chi connectivity index (χ1v) is 9.55. The Bertz CT molecular complexity index is 1310.